The molecule has 3 amide bonds. The number of likely N-dealkylation sites (tertiary alicyclic amines) is 1. The van der Waals surface area contributed by atoms with Crippen molar-refractivity contribution in [3.05, 3.63) is 59.0 Å². The molecule has 7 heteroatoms. The zero-order valence-corrected chi connectivity index (χ0v) is 17.2. The summed E-state index contributed by atoms with van der Waals surface area (Å²) in [6.45, 7) is 4.79. The third-order valence-corrected chi connectivity index (χ3v) is 5.88. The van der Waals surface area contributed by atoms with E-state index in [0.717, 1.165) is 44.5 Å². The van der Waals surface area contributed by atoms with Gasteiger partial charge in [-0.1, -0.05) is 13.3 Å². The number of fused-ring (bicyclic) bond motifs is 1. The zero-order valence-electron chi connectivity index (χ0n) is 17.2. The maximum Gasteiger partial charge on any atom is 0.261 e. The average molecular weight is 409 g/mol. The van der Waals surface area contributed by atoms with Crippen LogP contribution in [0, 0.1) is 0 Å². The van der Waals surface area contributed by atoms with Gasteiger partial charge in [0.05, 0.1) is 23.4 Å². The molecule has 1 aromatic carbocycles. The van der Waals surface area contributed by atoms with E-state index in [4.69, 9.17) is 4.42 Å². The van der Waals surface area contributed by atoms with Crippen molar-refractivity contribution >= 4 is 17.7 Å². The lowest BCUT2D eigenvalue weighted by atomic mass is 10.1. The Hall–Kier alpha value is -2.93. The van der Waals surface area contributed by atoms with Crippen LogP contribution in [-0.4, -0.2) is 53.7 Å². The normalized spacial score (nSPS) is 17.4. The fourth-order valence-electron chi connectivity index (χ4n) is 4.19. The first-order valence-corrected chi connectivity index (χ1v) is 10.7. The van der Waals surface area contributed by atoms with Gasteiger partial charge in [-0.2, -0.15) is 0 Å². The number of imide groups is 1. The molecule has 2 aliphatic rings. The molecule has 1 saturated heterocycles. The zero-order chi connectivity index (χ0) is 21.1. The first kappa shape index (κ1) is 20.3. The van der Waals surface area contributed by atoms with Gasteiger partial charge < -0.3 is 9.73 Å². The molecule has 158 valence electrons. The quantitative estimate of drug-likeness (QED) is 0.677. The molecule has 4 rings (SSSR count). The van der Waals surface area contributed by atoms with Gasteiger partial charge in [0.2, 0.25) is 0 Å². The van der Waals surface area contributed by atoms with Crippen molar-refractivity contribution in [3.8, 4) is 0 Å². The highest BCUT2D eigenvalue weighted by atomic mass is 16.3. The Morgan fingerprint density at radius 3 is 2.60 bits per heavy atom. The SMILES string of the molecule is CCCCN1C(=O)c2ccc(C(=O)NCC(c3ccco3)N3CCCC3)cc2C1=O. The Bertz CT molecular complexity index is 932. The number of benzene rings is 1. The van der Waals surface area contributed by atoms with Crippen LogP contribution < -0.4 is 5.32 Å². The number of hydrogen-bond donors (Lipinski definition) is 1. The van der Waals surface area contributed by atoms with Crippen molar-refractivity contribution in [2.24, 2.45) is 0 Å². The fraction of sp³-hybridized carbons (Fsp3) is 0.435. The maximum absolute atomic E-state index is 12.8. The fourth-order valence-corrected chi connectivity index (χ4v) is 4.19. The Morgan fingerprint density at radius 2 is 1.90 bits per heavy atom. The van der Waals surface area contributed by atoms with E-state index in [-0.39, 0.29) is 23.8 Å². The predicted octanol–water partition coefficient (Wildman–Crippen LogP) is 3.24. The average Bonchev–Trinajstić information content (AvgIpc) is 3.51. The molecular weight excluding hydrogens is 382 g/mol. The Balaban J connectivity index is 1.46. The van der Waals surface area contributed by atoms with Gasteiger partial charge in [0.15, 0.2) is 0 Å². The molecule has 3 heterocycles. The van der Waals surface area contributed by atoms with Crippen LogP contribution in [0.4, 0.5) is 0 Å². The molecule has 7 nitrogen and oxygen atoms in total. The van der Waals surface area contributed by atoms with E-state index in [1.807, 2.05) is 19.1 Å². The molecule has 1 N–H and O–H groups in total. The number of amides is 3. The minimum atomic E-state index is -0.316. The summed E-state index contributed by atoms with van der Waals surface area (Å²) in [6, 6.07) is 8.50. The first-order chi connectivity index (χ1) is 14.6. The van der Waals surface area contributed by atoms with Crippen LogP contribution in [0.25, 0.3) is 0 Å². The van der Waals surface area contributed by atoms with E-state index in [0.29, 0.717) is 29.8 Å². The highest BCUT2D eigenvalue weighted by molar-refractivity contribution is 6.22. The first-order valence-electron chi connectivity index (χ1n) is 10.7. The highest BCUT2D eigenvalue weighted by Gasteiger charge is 2.35. The number of rotatable bonds is 8. The van der Waals surface area contributed by atoms with Crippen molar-refractivity contribution in [1.82, 2.24) is 15.1 Å². The summed E-state index contributed by atoms with van der Waals surface area (Å²) >= 11 is 0. The maximum atomic E-state index is 12.8. The lowest BCUT2D eigenvalue weighted by molar-refractivity contribution is 0.0652. The summed E-state index contributed by atoms with van der Waals surface area (Å²) in [7, 11) is 0. The van der Waals surface area contributed by atoms with Crippen LogP contribution in [0.5, 0.6) is 0 Å². The van der Waals surface area contributed by atoms with Crippen molar-refractivity contribution in [2.75, 3.05) is 26.2 Å². The second-order valence-electron chi connectivity index (χ2n) is 7.86. The molecule has 30 heavy (non-hydrogen) atoms. The molecule has 0 bridgehead atoms. The molecule has 0 radical (unpaired) electrons. The molecule has 1 fully saturated rings. The molecule has 1 unspecified atom stereocenters. The molecule has 2 aliphatic heterocycles. The van der Waals surface area contributed by atoms with Gasteiger partial charge >= 0.3 is 0 Å². The third-order valence-electron chi connectivity index (χ3n) is 5.88. The largest absolute Gasteiger partial charge is 0.468 e. The van der Waals surface area contributed by atoms with Gasteiger partial charge in [-0.3, -0.25) is 24.2 Å². The Morgan fingerprint density at radius 1 is 1.13 bits per heavy atom. The summed E-state index contributed by atoms with van der Waals surface area (Å²) in [5, 5.41) is 2.98. The van der Waals surface area contributed by atoms with Gasteiger partial charge in [0.25, 0.3) is 17.7 Å². The van der Waals surface area contributed by atoms with E-state index in [1.165, 1.54) is 11.0 Å². The van der Waals surface area contributed by atoms with Crippen molar-refractivity contribution in [1.29, 1.82) is 0 Å². The number of unbranched alkanes of at least 4 members (excludes halogenated alkanes) is 1. The van der Waals surface area contributed by atoms with E-state index in [1.54, 1.807) is 18.4 Å². The van der Waals surface area contributed by atoms with Gasteiger partial charge in [-0.15, -0.1) is 0 Å². The number of hydrogen-bond acceptors (Lipinski definition) is 5. The molecule has 1 atom stereocenters. The van der Waals surface area contributed by atoms with Crippen molar-refractivity contribution < 1.29 is 18.8 Å². The van der Waals surface area contributed by atoms with Crippen LogP contribution in [-0.2, 0) is 0 Å². The van der Waals surface area contributed by atoms with Gasteiger partial charge in [-0.05, 0) is 62.7 Å². The molecule has 2 aromatic rings. The number of furan rings is 1. The van der Waals surface area contributed by atoms with Crippen molar-refractivity contribution in [3.63, 3.8) is 0 Å². The summed E-state index contributed by atoms with van der Waals surface area (Å²) in [6.07, 6.45) is 5.59. The second kappa shape index (κ2) is 8.83. The number of nitrogens with one attached hydrogen (secondary N) is 1. The molecular formula is C23H27N3O4. The molecule has 0 aliphatic carbocycles. The summed E-state index contributed by atoms with van der Waals surface area (Å²) < 4.78 is 5.60. The Kier molecular flexibility index (Phi) is 5.99. The lowest BCUT2D eigenvalue weighted by Crippen LogP contribution is -2.36. The summed E-state index contributed by atoms with van der Waals surface area (Å²) in [5.74, 6) is -0.0229. The van der Waals surface area contributed by atoms with Gasteiger partial charge in [-0.25, -0.2) is 0 Å². The summed E-state index contributed by atoms with van der Waals surface area (Å²) in [4.78, 5) is 41.5. The number of carbonyl (C=O) groups excluding carboxylic acids is 3. The van der Waals surface area contributed by atoms with E-state index in [2.05, 4.69) is 10.2 Å². The minimum absolute atomic E-state index is 0.0198. The van der Waals surface area contributed by atoms with Gasteiger partial charge in [0.1, 0.15) is 5.76 Å². The molecule has 0 spiro atoms. The number of carbonyl (C=O) groups is 3. The minimum Gasteiger partial charge on any atom is -0.468 e. The standard InChI is InChI=1S/C23H27N3O4/c1-2-3-12-26-22(28)17-9-8-16(14-18(17)23(26)29)21(27)24-15-19(20-7-6-13-30-20)25-10-4-5-11-25/h6-9,13-14,19H,2-5,10-12,15H2,1H3,(H,24,27). The topological polar surface area (TPSA) is 82.9 Å². The summed E-state index contributed by atoms with van der Waals surface area (Å²) in [5.41, 5.74) is 1.07. The van der Waals surface area contributed by atoms with Crippen LogP contribution in [0.3, 0.4) is 0 Å². The van der Waals surface area contributed by atoms with E-state index >= 15 is 0 Å². The van der Waals surface area contributed by atoms with Crippen LogP contribution in [0.15, 0.2) is 41.0 Å². The number of nitrogens with zero attached hydrogens (tertiary/aromatic N) is 2. The smallest absolute Gasteiger partial charge is 0.261 e. The highest BCUT2D eigenvalue weighted by Crippen LogP contribution is 2.26. The van der Waals surface area contributed by atoms with Crippen LogP contribution in [0.2, 0.25) is 0 Å². The second-order valence-corrected chi connectivity index (χ2v) is 7.86. The van der Waals surface area contributed by atoms with Gasteiger partial charge in [0, 0.05) is 18.7 Å². The van der Waals surface area contributed by atoms with Crippen LogP contribution in [0.1, 0.15) is 75.5 Å². The van der Waals surface area contributed by atoms with E-state index in [9.17, 15) is 14.4 Å². The third kappa shape index (κ3) is 3.89. The van der Waals surface area contributed by atoms with Crippen LogP contribution >= 0.6 is 0 Å². The van der Waals surface area contributed by atoms with Crippen molar-refractivity contribution in [2.45, 2.75) is 38.6 Å². The molecule has 0 saturated carbocycles. The monoisotopic (exact) mass is 409 g/mol. The lowest BCUT2D eigenvalue weighted by Gasteiger charge is -2.26. The predicted molar refractivity (Wildman–Crippen MR) is 111 cm³/mol. The Labute approximate surface area is 176 Å². The van der Waals surface area contributed by atoms with E-state index < -0.39 is 0 Å². The molecule has 1 aromatic heterocycles.